The number of benzene rings is 2. The Morgan fingerprint density at radius 2 is 1.64 bits per heavy atom. The molecule has 0 unspecified atom stereocenters. The molecule has 0 aliphatic carbocycles. The summed E-state index contributed by atoms with van der Waals surface area (Å²) in [7, 11) is 6.27. The molecule has 0 spiro atoms. The standard InChI is InChI=1S/C21H24FNO5/c1-23(11-12-28-17-8-6-16(22)7-9-17)20(24)10-5-15-13-18(25-2)21(27-4)19(14-15)26-3/h5-10,13-14H,11-12H2,1-4H3. The lowest BCUT2D eigenvalue weighted by molar-refractivity contribution is -0.125. The van der Waals surface area contributed by atoms with Crippen LogP contribution in [-0.2, 0) is 4.79 Å². The summed E-state index contributed by atoms with van der Waals surface area (Å²) in [5.41, 5.74) is 0.735. The molecule has 0 atom stereocenters. The van der Waals surface area contributed by atoms with Gasteiger partial charge in [0.05, 0.1) is 27.9 Å². The third-order valence-corrected chi connectivity index (χ3v) is 3.99. The first-order valence-electron chi connectivity index (χ1n) is 8.60. The summed E-state index contributed by atoms with van der Waals surface area (Å²) in [6, 6.07) is 9.24. The monoisotopic (exact) mass is 389 g/mol. The Balaban J connectivity index is 1.95. The average Bonchev–Trinajstić information content (AvgIpc) is 2.72. The van der Waals surface area contributed by atoms with E-state index >= 15 is 0 Å². The van der Waals surface area contributed by atoms with Crippen molar-refractivity contribution in [1.82, 2.24) is 4.90 Å². The number of amides is 1. The molecule has 0 N–H and O–H groups in total. The predicted molar refractivity (Wildman–Crippen MR) is 105 cm³/mol. The highest BCUT2D eigenvalue weighted by atomic mass is 19.1. The first-order valence-corrected chi connectivity index (χ1v) is 8.60. The topological polar surface area (TPSA) is 57.2 Å². The molecule has 2 aromatic rings. The first-order chi connectivity index (χ1) is 13.5. The number of hydrogen-bond donors (Lipinski definition) is 0. The number of likely N-dealkylation sites (N-methyl/N-ethyl adjacent to an activating group) is 1. The van der Waals surface area contributed by atoms with Crippen molar-refractivity contribution in [1.29, 1.82) is 0 Å². The number of hydrogen-bond acceptors (Lipinski definition) is 5. The van der Waals surface area contributed by atoms with Crippen molar-refractivity contribution in [2.24, 2.45) is 0 Å². The van der Waals surface area contributed by atoms with Crippen molar-refractivity contribution >= 4 is 12.0 Å². The zero-order chi connectivity index (χ0) is 20.5. The Bertz CT molecular complexity index is 795. The van der Waals surface area contributed by atoms with Crippen molar-refractivity contribution in [2.45, 2.75) is 0 Å². The minimum Gasteiger partial charge on any atom is -0.493 e. The normalized spacial score (nSPS) is 10.6. The third-order valence-electron chi connectivity index (χ3n) is 3.99. The van der Waals surface area contributed by atoms with Gasteiger partial charge in [-0.1, -0.05) is 0 Å². The van der Waals surface area contributed by atoms with Crippen LogP contribution in [0.2, 0.25) is 0 Å². The molecular weight excluding hydrogens is 365 g/mol. The second-order valence-electron chi connectivity index (χ2n) is 5.85. The number of methoxy groups -OCH3 is 3. The minimum absolute atomic E-state index is 0.184. The van der Waals surface area contributed by atoms with Crippen LogP contribution in [0.5, 0.6) is 23.0 Å². The Kier molecular flexibility index (Phi) is 7.68. The molecule has 0 aromatic heterocycles. The van der Waals surface area contributed by atoms with E-state index in [1.165, 1.54) is 44.4 Å². The summed E-state index contributed by atoms with van der Waals surface area (Å²) in [4.78, 5) is 13.8. The van der Waals surface area contributed by atoms with Gasteiger partial charge >= 0.3 is 0 Å². The Hall–Kier alpha value is -3.22. The summed E-state index contributed by atoms with van der Waals surface area (Å²) in [6.07, 6.45) is 3.13. The van der Waals surface area contributed by atoms with E-state index in [-0.39, 0.29) is 11.7 Å². The van der Waals surface area contributed by atoms with Crippen molar-refractivity contribution in [2.75, 3.05) is 41.5 Å². The summed E-state index contributed by atoms with van der Waals surface area (Å²) in [5, 5.41) is 0. The SMILES string of the molecule is COc1cc(C=CC(=O)N(C)CCOc2ccc(F)cc2)cc(OC)c1OC. The molecule has 7 heteroatoms. The van der Waals surface area contributed by atoms with Gasteiger partial charge in [-0.3, -0.25) is 4.79 Å². The van der Waals surface area contributed by atoms with E-state index in [0.29, 0.717) is 36.1 Å². The third kappa shape index (κ3) is 5.64. The second-order valence-corrected chi connectivity index (χ2v) is 5.85. The maximum absolute atomic E-state index is 12.9. The lowest BCUT2D eigenvalue weighted by atomic mass is 10.1. The van der Waals surface area contributed by atoms with E-state index in [0.717, 1.165) is 5.56 Å². The molecule has 0 fully saturated rings. The van der Waals surface area contributed by atoms with Crippen molar-refractivity contribution in [3.63, 3.8) is 0 Å². The van der Waals surface area contributed by atoms with Gasteiger partial charge in [0.25, 0.3) is 0 Å². The number of rotatable bonds is 9. The van der Waals surface area contributed by atoms with Crippen LogP contribution in [0.1, 0.15) is 5.56 Å². The van der Waals surface area contributed by atoms with Crippen LogP contribution >= 0.6 is 0 Å². The Morgan fingerprint density at radius 3 is 2.18 bits per heavy atom. The van der Waals surface area contributed by atoms with Gasteiger partial charge < -0.3 is 23.8 Å². The Labute approximate surface area is 164 Å². The van der Waals surface area contributed by atoms with Crippen LogP contribution < -0.4 is 18.9 Å². The van der Waals surface area contributed by atoms with Gasteiger partial charge in [0.2, 0.25) is 11.7 Å². The molecule has 28 heavy (non-hydrogen) atoms. The molecule has 2 aromatic carbocycles. The molecule has 2 rings (SSSR count). The summed E-state index contributed by atoms with van der Waals surface area (Å²) >= 11 is 0. The lowest BCUT2D eigenvalue weighted by Gasteiger charge is -2.16. The minimum atomic E-state index is -0.323. The fraction of sp³-hybridized carbons (Fsp3) is 0.286. The van der Waals surface area contributed by atoms with E-state index in [1.54, 1.807) is 37.4 Å². The summed E-state index contributed by atoms with van der Waals surface area (Å²) in [6.45, 7) is 0.682. The van der Waals surface area contributed by atoms with E-state index in [1.807, 2.05) is 0 Å². The largest absolute Gasteiger partial charge is 0.493 e. The first kappa shape index (κ1) is 21.1. The second kappa shape index (κ2) is 10.2. The zero-order valence-electron chi connectivity index (χ0n) is 16.4. The fourth-order valence-corrected chi connectivity index (χ4v) is 2.43. The molecule has 0 bridgehead atoms. The highest BCUT2D eigenvalue weighted by molar-refractivity contribution is 5.91. The maximum Gasteiger partial charge on any atom is 0.246 e. The van der Waals surface area contributed by atoms with E-state index in [4.69, 9.17) is 18.9 Å². The number of nitrogens with zero attached hydrogens (tertiary/aromatic N) is 1. The molecule has 150 valence electrons. The van der Waals surface area contributed by atoms with E-state index < -0.39 is 0 Å². The highest BCUT2D eigenvalue weighted by Gasteiger charge is 2.12. The number of ether oxygens (including phenoxy) is 4. The van der Waals surface area contributed by atoms with Gasteiger partial charge in [0.15, 0.2) is 11.5 Å². The smallest absolute Gasteiger partial charge is 0.246 e. The van der Waals surface area contributed by atoms with E-state index in [9.17, 15) is 9.18 Å². The van der Waals surface area contributed by atoms with Gasteiger partial charge in [0, 0.05) is 13.1 Å². The molecule has 0 saturated heterocycles. The van der Waals surface area contributed by atoms with Crippen LogP contribution in [0.15, 0.2) is 42.5 Å². The van der Waals surface area contributed by atoms with Gasteiger partial charge in [-0.2, -0.15) is 0 Å². The number of halogens is 1. The van der Waals surface area contributed by atoms with Crippen LogP contribution in [0.25, 0.3) is 6.08 Å². The van der Waals surface area contributed by atoms with Gasteiger partial charge in [-0.15, -0.1) is 0 Å². The van der Waals surface area contributed by atoms with Crippen LogP contribution in [-0.4, -0.2) is 52.3 Å². The van der Waals surface area contributed by atoms with E-state index in [2.05, 4.69) is 0 Å². The van der Waals surface area contributed by atoms with Gasteiger partial charge in [-0.25, -0.2) is 4.39 Å². The number of carbonyl (C=O) groups is 1. The van der Waals surface area contributed by atoms with Crippen molar-refractivity contribution in [3.05, 3.63) is 53.9 Å². The van der Waals surface area contributed by atoms with Crippen LogP contribution in [0.3, 0.4) is 0 Å². The highest BCUT2D eigenvalue weighted by Crippen LogP contribution is 2.38. The quantitative estimate of drug-likeness (QED) is 0.615. The molecule has 0 aliphatic rings. The summed E-state index contributed by atoms with van der Waals surface area (Å²) < 4.78 is 34.3. The van der Waals surface area contributed by atoms with Gasteiger partial charge in [0.1, 0.15) is 18.2 Å². The maximum atomic E-state index is 12.9. The van der Waals surface area contributed by atoms with Gasteiger partial charge in [-0.05, 0) is 48.0 Å². The van der Waals surface area contributed by atoms with Crippen molar-refractivity contribution in [3.8, 4) is 23.0 Å². The molecule has 1 amide bonds. The molecule has 0 heterocycles. The zero-order valence-corrected chi connectivity index (χ0v) is 16.4. The predicted octanol–water partition coefficient (Wildman–Crippen LogP) is 3.40. The molecule has 6 nitrogen and oxygen atoms in total. The number of carbonyl (C=O) groups excluding carboxylic acids is 1. The summed E-state index contributed by atoms with van der Waals surface area (Å²) in [5.74, 6) is 1.55. The lowest BCUT2D eigenvalue weighted by Crippen LogP contribution is -2.29. The molecule has 0 radical (unpaired) electrons. The molecule has 0 saturated carbocycles. The Morgan fingerprint density at radius 1 is 1.04 bits per heavy atom. The fourth-order valence-electron chi connectivity index (χ4n) is 2.43. The molecular formula is C21H24FNO5. The van der Waals surface area contributed by atoms with Crippen molar-refractivity contribution < 1.29 is 28.1 Å². The van der Waals surface area contributed by atoms with Crippen LogP contribution in [0, 0.1) is 5.82 Å². The molecule has 0 aliphatic heterocycles. The average molecular weight is 389 g/mol. The van der Waals surface area contributed by atoms with Crippen LogP contribution in [0.4, 0.5) is 4.39 Å².